The first kappa shape index (κ1) is 21.6. The lowest BCUT2D eigenvalue weighted by Crippen LogP contribution is -2.12. The summed E-state index contributed by atoms with van der Waals surface area (Å²) in [6.45, 7) is 1.65. The predicted octanol–water partition coefficient (Wildman–Crippen LogP) is 4.60. The first-order valence-corrected chi connectivity index (χ1v) is 9.16. The maximum Gasteiger partial charge on any atom is 0.389 e. The summed E-state index contributed by atoms with van der Waals surface area (Å²) in [6, 6.07) is 6.63. The second-order valence-corrected chi connectivity index (χ2v) is 6.80. The van der Waals surface area contributed by atoms with Gasteiger partial charge in [0.1, 0.15) is 22.7 Å². The van der Waals surface area contributed by atoms with E-state index in [9.17, 15) is 23.1 Å². The van der Waals surface area contributed by atoms with E-state index >= 15 is 0 Å². The Kier molecular flexibility index (Phi) is 6.02. The van der Waals surface area contributed by atoms with Crippen molar-refractivity contribution in [3.63, 3.8) is 0 Å². The van der Waals surface area contributed by atoms with Crippen LogP contribution < -0.4 is 9.47 Å². The van der Waals surface area contributed by atoms with Gasteiger partial charge in [0.05, 0.1) is 38.6 Å². The number of ketones is 1. The summed E-state index contributed by atoms with van der Waals surface area (Å²) in [5, 5.41) is 9.75. The lowest BCUT2D eigenvalue weighted by Gasteiger charge is -2.15. The highest BCUT2D eigenvalue weighted by atomic mass is 19.4. The van der Waals surface area contributed by atoms with Crippen molar-refractivity contribution in [1.29, 1.82) is 0 Å². The minimum absolute atomic E-state index is 0.0294. The minimum Gasteiger partial charge on any atom is -0.496 e. The first-order valence-electron chi connectivity index (χ1n) is 9.16. The normalized spacial score (nSPS) is 12.8. The van der Waals surface area contributed by atoms with Gasteiger partial charge in [-0.1, -0.05) is 0 Å². The molecule has 1 N–H and O–H groups in total. The number of ether oxygens (including phenoxy) is 2. The molecule has 0 saturated heterocycles. The van der Waals surface area contributed by atoms with Crippen molar-refractivity contribution in [3.05, 3.63) is 47.8 Å². The number of pyridine rings is 1. The fourth-order valence-corrected chi connectivity index (χ4v) is 3.18. The van der Waals surface area contributed by atoms with Crippen molar-refractivity contribution in [1.82, 2.24) is 9.38 Å². The van der Waals surface area contributed by atoms with Gasteiger partial charge in [-0.15, -0.1) is 0 Å². The quantitative estimate of drug-likeness (QED) is 0.564. The van der Waals surface area contributed by atoms with Crippen molar-refractivity contribution in [2.75, 3.05) is 14.2 Å². The molecule has 0 bridgehead atoms. The summed E-state index contributed by atoms with van der Waals surface area (Å²) >= 11 is 0. The van der Waals surface area contributed by atoms with E-state index in [4.69, 9.17) is 9.47 Å². The highest BCUT2D eigenvalue weighted by Gasteiger charge is 2.30. The maximum atomic E-state index is 12.5. The molecule has 0 amide bonds. The number of rotatable bonds is 7. The number of carbonyl (C=O) groups is 1. The number of hydrogen-bond acceptors (Lipinski definition) is 5. The van der Waals surface area contributed by atoms with E-state index in [0.717, 1.165) is 0 Å². The number of imidazole rings is 1. The van der Waals surface area contributed by atoms with Gasteiger partial charge in [-0.25, -0.2) is 4.98 Å². The van der Waals surface area contributed by atoms with Gasteiger partial charge in [0, 0.05) is 18.2 Å². The minimum atomic E-state index is -4.43. The molecule has 0 radical (unpaired) electrons. The summed E-state index contributed by atoms with van der Waals surface area (Å²) in [6.07, 6.45) is -3.64. The van der Waals surface area contributed by atoms with Crippen LogP contribution in [0.2, 0.25) is 0 Å². The number of nitrogens with zero attached hydrogens (tertiary/aromatic N) is 2. The molecule has 2 heterocycles. The summed E-state index contributed by atoms with van der Waals surface area (Å²) in [5.74, 6) is -0.480. The third-order valence-electron chi connectivity index (χ3n) is 4.74. The monoisotopic (exact) mass is 422 g/mol. The van der Waals surface area contributed by atoms with E-state index < -0.39 is 30.9 Å². The standard InChI is InChI=1S/C21H21F3N2O4/c1-12(27)13-5-7-26-15(11-25-19(26)10-13)14-8-17(29-2)20(18(9-14)30-3)16(28)4-6-21(22,23)24/h5,7-12,27H,4,6H2,1-3H3. The molecule has 0 saturated carbocycles. The highest BCUT2D eigenvalue weighted by molar-refractivity contribution is 6.02. The fourth-order valence-electron chi connectivity index (χ4n) is 3.18. The molecule has 2 aromatic heterocycles. The number of aliphatic hydroxyl groups excluding tert-OH is 1. The zero-order valence-corrected chi connectivity index (χ0v) is 16.7. The zero-order chi connectivity index (χ0) is 22.1. The number of Topliss-reactive ketones (excluding diaryl/α,β-unsaturated/α-hetero) is 1. The zero-order valence-electron chi connectivity index (χ0n) is 16.7. The summed E-state index contributed by atoms with van der Waals surface area (Å²) < 4.78 is 50.0. The molecule has 30 heavy (non-hydrogen) atoms. The van der Waals surface area contributed by atoms with Crippen molar-refractivity contribution < 1.29 is 32.5 Å². The lowest BCUT2D eigenvalue weighted by atomic mass is 10.0. The molecule has 1 atom stereocenters. The Hall–Kier alpha value is -3.07. The topological polar surface area (TPSA) is 73.1 Å². The molecule has 0 aliphatic rings. The van der Waals surface area contributed by atoms with Crippen LogP contribution in [0.3, 0.4) is 0 Å². The van der Waals surface area contributed by atoms with Crippen LogP contribution in [-0.2, 0) is 0 Å². The lowest BCUT2D eigenvalue weighted by molar-refractivity contribution is -0.133. The van der Waals surface area contributed by atoms with Gasteiger partial charge < -0.3 is 14.6 Å². The molecule has 0 fully saturated rings. The van der Waals surface area contributed by atoms with E-state index in [1.807, 2.05) is 0 Å². The first-order chi connectivity index (χ1) is 14.1. The molecule has 0 aliphatic carbocycles. The number of carbonyl (C=O) groups excluding carboxylic acids is 1. The molecule has 0 aliphatic heterocycles. The van der Waals surface area contributed by atoms with Crippen molar-refractivity contribution in [2.45, 2.75) is 32.0 Å². The number of halogens is 3. The Morgan fingerprint density at radius 2 is 1.83 bits per heavy atom. The summed E-state index contributed by atoms with van der Waals surface area (Å²) in [4.78, 5) is 16.8. The molecule has 9 heteroatoms. The molecule has 0 spiro atoms. The Morgan fingerprint density at radius 3 is 2.37 bits per heavy atom. The van der Waals surface area contributed by atoms with E-state index in [1.165, 1.54) is 14.2 Å². The van der Waals surface area contributed by atoms with Crippen LogP contribution in [0, 0.1) is 0 Å². The Balaban J connectivity index is 2.05. The third-order valence-corrected chi connectivity index (χ3v) is 4.74. The molecule has 1 unspecified atom stereocenters. The van der Waals surface area contributed by atoms with Crippen molar-refractivity contribution in [3.8, 4) is 22.8 Å². The number of alkyl halides is 3. The van der Waals surface area contributed by atoms with Crippen molar-refractivity contribution in [2.24, 2.45) is 0 Å². The molecule has 3 rings (SSSR count). The second-order valence-electron chi connectivity index (χ2n) is 6.80. The molecule has 160 valence electrons. The number of methoxy groups -OCH3 is 2. The number of benzene rings is 1. The largest absolute Gasteiger partial charge is 0.496 e. The van der Waals surface area contributed by atoms with E-state index in [1.54, 1.807) is 48.0 Å². The van der Waals surface area contributed by atoms with Crippen LogP contribution in [0.5, 0.6) is 11.5 Å². The summed E-state index contributed by atoms with van der Waals surface area (Å²) in [7, 11) is 2.67. The Labute approximate surface area is 170 Å². The Morgan fingerprint density at radius 1 is 1.20 bits per heavy atom. The summed E-state index contributed by atoms with van der Waals surface area (Å²) in [5.41, 5.74) is 2.55. The molecule has 1 aromatic carbocycles. The van der Waals surface area contributed by atoms with Gasteiger partial charge in [0.25, 0.3) is 0 Å². The van der Waals surface area contributed by atoms with Gasteiger partial charge in [0.2, 0.25) is 0 Å². The molecular weight excluding hydrogens is 401 g/mol. The number of aromatic nitrogens is 2. The smallest absolute Gasteiger partial charge is 0.389 e. The number of hydrogen-bond donors (Lipinski definition) is 1. The Bertz CT molecular complexity index is 1050. The van der Waals surface area contributed by atoms with Gasteiger partial charge in [-0.2, -0.15) is 13.2 Å². The fraction of sp³-hybridized carbons (Fsp3) is 0.333. The van der Waals surface area contributed by atoms with E-state index in [0.29, 0.717) is 22.5 Å². The third kappa shape index (κ3) is 4.40. The van der Waals surface area contributed by atoms with Crippen LogP contribution in [0.15, 0.2) is 36.7 Å². The van der Waals surface area contributed by atoms with Crippen LogP contribution >= 0.6 is 0 Å². The number of aliphatic hydroxyl groups is 1. The van der Waals surface area contributed by atoms with Crippen LogP contribution in [-0.4, -0.2) is 40.7 Å². The van der Waals surface area contributed by atoms with Gasteiger partial charge >= 0.3 is 6.18 Å². The van der Waals surface area contributed by atoms with E-state index in [-0.39, 0.29) is 17.1 Å². The van der Waals surface area contributed by atoms with Gasteiger partial charge in [-0.05, 0) is 36.8 Å². The SMILES string of the molecule is COc1cc(-c2cnc3cc(C(C)O)ccn23)cc(OC)c1C(=O)CCC(F)(F)F. The van der Waals surface area contributed by atoms with E-state index in [2.05, 4.69) is 4.98 Å². The van der Waals surface area contributed by atoms with Crippen LogP contribution in [0.25, 0.3) is 16.9 Å². The molecule has 6 nitrogen and oxygen atoms in total. The van der Waals surface area contributed by atoms with Crippen LogP contribution in [0.4, 0.5) is 13.2 Å². The van der Waals surface area contributed by atoms with Crippen LogP contribution in [0.1, 0.15) is 41.8 Å². The molecule has 3 aromatic rings. The van der Waals surface area contributed by atoms with Crippen molar-refractivity contribution >= 4 is 11.4 Å². The molecular formula is C21H21F3N2O4. The average molecular weight is 422 g/mol. The predicted molar refractivity (Wildman–Crippen MR) is 104 cm³/mol. The highest BCUT2D eigenvalue weighted by Crippen LogP contribution is 2.37. The van der Waals surface area contributed by atoms with Gasteiger partial charge in [0.15, 0.2) is 5.78 Å². The van der Waals surface area contributed by atoms with Gasteiger partial charge in [-0.3, -0.25) is 9.20 Å². The maximum absolute atomic E-state index is 12.5. The second kappa shape index (κ2) is 8.35. The number of fused-ring (bicyclic) bond motifs is 1. The average Bonchev–Trinajstić information content (AvgIpc) is 3.13.